The second-order valence-corrected chi connectivity index (χ2v) is 26.4. The summed E-state index contributed by atoms with van der Waals surface area (Å²) in [4.78, 5) is 41.3. The molecule has 0 radical (unpaired) electrons. The monoisotopic (exact) mass is 1250 g/mol. The van der Waals surface area contributed by atoms with Gasteiger partial charge in [-0.1, -0.05) is 146 Å². The number of hydrogen-bond acceptors (Lipinski definition) is 18. The lowest BCUT2D eigenvalue weighted by atomic mass is 9.66. The van der Waals surface area contributed by atoms with Crippen LogP contribution in [0.1, 0.15) is 137 Å². The lowest BCUT2D eigenvalue weighted by Crippen LogP contribution is -2.63. The molecule has 0 amide bonds. The van der Waals surface area contributed by atoms with Crippen LogP contribution >= 0.6 is 0 Å². The van der Waals surface area contributed by atoms with Crippen molar-refractivity contribution in [1.82, 2.24) is 0 Å². The molecule has 4 aliphatic heterocycles. The third kappa shape index (κ3) is 16.0. The van der Waals surface area contributed by atoms with E-state index in [-0.39, 0.29) is 54.2 Å². The summed E-state index contributed by atoms with van der Waals surface area (Å²) in [5.41, 5.74) is 17.0. The first-order valence-electron chi connectivity index (χ1n) is 31.4. The van der Waals surface area contributed by atoms with E-state index in [0.717, 1.165) is 46.3 Å². The average molecular weight is 1250 g/mol. The molecule has 0 spiro atoms. The third-order valence-corrected chi connectivity index (χ3v) is 18.1. The number of ether oxygens (including phenoxy) is 11. The maximum atomic E-state index is 14.0. The van der Waals surface area contributed by atoms with Crippen molar-refractivity contribution in [2.45, 2.75) is 176 Å². The highest BCUT2D eigenvalue weighted by Crippen LogP contribution is 2.57. The Labute approximate surface area is 535 Å². The maximum absolute atomic E-state index is 14.0. The first kappa shape index (κ1) is 68.2. The zero-order valence-electron chi connectivity index (χ0n) is 54.7. The molecule has 18 nitrogen and oxygen atoms in total. The SMILES string of the molecule is COc1cc([C@@H]2c3cc4c(cc3[C@@H](O[C@@H]3O[C@@H]5CO[C@@H](C)O[C@H]5[C@H](O)[C@H]3O)[C@H]3COC(=O)[C@H]23)OCO4)cc(OC)c1OC(=O)[C@@H](N)CC(=O)O[C@@H]1CC(C)=C(/C=C/C(C)=C/C=C/C(C)=C/C=C/C=C(C)/C=C/C=C(C)/C=C/C2=C(C)C[C@@H](O)CC2(C)C)C(C)(C)C1. The van der Waals surface area contributed by atoms with Gasteiger partial charge in [0.2, 0.25) is 12.5 Å². The highest BCUT2D eigenvalue weighted by Gasteiger charge is 2.56. The van der Waals surface area contributed by atoms with Crippen molar-refractivity contribution in [2.24, 2.45) is 28.4 Å². The zero-order chi connectivity index (χ0) is 65.6. The minimum Gasteiger partial charge on any atom is -0.493 e. The van der Waals surface area contributed by atoms with Crippen LogP contribution in [0.25, 0.3) is 0 Å². The predicted molar refractivity (Wildman–Crippen MR) is 343 cm³/mol. The number of nitrogens with two attached hydrogens (primary N) is 1. The molecule has 13 atom stereocenters. The number of esters is 3. The molecule has 2 aromatic carbocycles. The Bertz CT molecular complexity index is 3390. The van der Waals surface area contributed by atoms with Gasteiger partial charge in [0.05, 0.1) is 52.0 Å². The molecule has 91 heavy (non-hydrogen) atoms. The standard InChI is InChI=1S/C73H91NO17/c1-40(20-16-22-42(3)24-26-53-44(5)28-48(75)35-72(53,8)9)18-14-15-19-41(2)21-17-23-43(4)25-27-54-45(6)29-49(36-73(54,10)11)88-61(76)34-55(74)69(79)90-67-58(81-12)30-47(31-59(67)82-13)62-50-32-56-57(86-39-85-56)33-51(50)66(52-37-84-70(80)63(52)62)91-71-65(78)64(77)68-60(89-71)38-83-46(7)87-68/h14-27,30-33,46,48-49,52,55,60,62-66,68,71,75,77-78H,28-29,34-39,74H2,1-13H3/b15-14+,20-16+,21-17+,26-24+,27-25+,40-18+,41-19+,42-22+,43-23+/t46-,48-,49-,52+,55+,60-,62-,63+,64-,65-,66-,68-,71+/m1/s1. The van der Waals surface area contributed by atoms with E-state index in [1.165, 1.54) is 25.4 Å². The quantitative estimate of drug-likeness (QED) is 0.0547. The summed E-state index contributed by atoms with van der Waals surface area (Å²) in [5.74, 6) is -3.43. The third-order valence-electron chi connectivity index (χ3n) is 18.1. The molecule has 7 aliphatic rings. The number of aliphatic hydroxyl groups is 3. The molecule has 0 unspecified atom stereocenters. The first-order chi connectivity index (χ1) is 43.2. The minimum atomic E-state index is -1.52. The van der Waals surface area contributed by atoms with Gasteiger partial charge in [0.25, 0.3) is 0 Å². The summed E-state index contributed by atoms with van der Waals surface area (Å²) < 4.78 is 65.1. The highest BCUT2D eigenvalue weighted by atomic mass is 16.8. The smallest absolute Gasteiger partial charge is 0.329 e. The fourth-order valence-corrected chi connectivity index (χ4v) is 13.7. The predicted octanol–water partition coefficient (Wildman–Crippen LogP) is 11.4. The number of allylic oxidation sites excluding steroid dienone is 20. The van der Waals surface area contributed by atoms with Gasteiger partial charge in [-0.3, -0.25) is 9.59 Å². The summed E-state index contributed by atoms with van der Waals surface area (Å²) in [7, 11) is 2.78. The van der Waals surface area contributed by atoms with Gasteiger partial charge in [-0.25, -0.2) is 4.79 Å². The number of carbonyl (C=O) groups excluding carboxylic acids is 3. The van der Waals surface area contributed by atoms with Crippen molar-refractivity contribution in [2.75, 3.05) is 34.2 Å². The van der Waals surface area contributed by atoms with E-state index in [1.54, 1.807) is 31.2 Å². The Balaban J connectivity index is 0.793. The van der Waals surface area contributed by atoms with Gasteiger partial charge in [-0.2, -0.15) is 0 Å². The van der Waals surface area contributed by atoms with Crippen molar-refractivity contribution < 1.29 is 81.8 Å². The van der Waals surface area contributed by atoms with E-state index in [0.29, 0.717) is 41.0 Å². The largest absolute Gasteiger partial charge is 0.493 e. The zero-order valence-corrected chi connectivity index (χ0v) is 54.7. The Hall–Kier alpha value is -7.13. The normalized spacial score (nSPS) is 29.7. The number of hydrogen-bond donors (Lipinski definition) is 4. The van der Waals surface area contributed by atoms with Gasteiger partial charge < -0.3 is 73.2 Å². The van der Waals surface area contributed by atoms with Gasteiger partial charge in [0.15, 0.2) is 35.6 Å². The van der Waals surface area contributed by atoms with Crippen molar-refractivity contribution in [3.8, 4) is 28.7 Å². The Kier molecular flexibility index (Phi) is 21.9. The highest BCUT2D eigenvalue weighted by molar-refractivity contribution is 5.85. The average Bonchev–Trinajstić information content (AvgIpc) is 1.71. The van der Waals surface area contributed by atoms with Crippen LogP contribution in [0.2, 0.25) is 0 Å². The van der Waals surface area contributed by atoms with Gasteiger partial charge >= 0.3 is 17.9 Å². The number of rotatable bonds is 20. The molecule has 9 rings (SSSR count). The molecule has 3 saturated heterocycles. The second kappa shape index (κ2) is 29.2. The number of carbonyl (C=O) groups is 3. The van der Waals surface area contributed by atoms with Crippen LogP contribution in [0, 0.1) is 22.7 Å². The van der Waals surface area contributed by atoms with Gasteiger partial charge in [-0.15, -0.1) is 0 Å². The number of cyclic esters (lactones) is 1. The summed E-state index contributed by atoms with van der Waals surface area (Å²) in [6.07, 6.45) is 23.3. The fraction of sp³-hybridized carbons (Fsp3) is 0.493. The first-order valence-corrected chi connectivity index (χ1v) is 31.4. The molecular formula is C73H91NO17. The minimum absolute atomic E-state index is 0.0433. The summed E-state index contributed by atoms with van der Waals surface area (Å²) in [6.45, 7) is 22.8. The van der Waals surface area contributed by atoms with Crippen LogP contribution in [0.15, 0.2) is 154 Å². The van der Waals surface area contributed by atoms with E-state index in [4.69, 9.17) is 57.8 Å². The Morgan fingerprint density at radius 3 is 1.86 bits per heavy atom. The number of methoxy groups -OCH3 is 2. The molecule has 3 aliphatic carbocycles. The Morgan fingerprint density at radius 1 is 0.714 bits per heavy atom. The van der Waals surface area contributed by atoms with Crippen LogP contribution in [-0.4, -0.2) is 123 Å². The van der Waals surface area contributed by atoms with Gasteiger partial charge in [0.1, 0.15) is 36.6 Å². The summed E-state index contributed by atoms with van der Waals surface area (Å²) in [6, 6.07) is 5.39. The molecule has 5 N–H and O–H groups in total. The summed E-state index contributed by atoms with van der Waals surface area (Å²) >= 11 is 0. The topological polar surface area (TPSA) is 239 Å². The fourth-order valence-electron chi connectivity index (χ4n) is 13.7. The van der Waals surface area contributed by atoms with E-state index in [9.17, 15) is 29.7 Å². The van der Waals surface area contributed by atoms with Crippen LogP contribution in [0.5, 0.6) is 28.7 Å². The lowest BCUT2D eigenvalue weighted by Gasteiger charge is -2.47. The van der Waals surface area contributed by atoms with Crippen LogP contribution in [-0.2, 0) is 42.8 Å². The number of aliphatic hydroxyl groups excluding tert-OH is 3. The molecule has 4 heterocycles. The van der Waals surface area contributed by atoms with Crippen LogP contribution in [0.4, 0.5) is 0 Å². The lowest BCUT2D eigenvalue weighted by molar-refractivity contribution is -0.364. The molecular weight excluding hydrogens is 1160 g/mol. The molecule has 18 heteroatoms. The Morgan fingerprint density at radius 2 is 1.27 bits per heavy atom. The van der Waals surface area contributed by atoms with Gasteiger partial charge in [-0.05, 0) is 131 Å². The molecule has 0 aromatic heterocycles. The molecule has 3 fully saturated rings. The van der Waals surface area contributed by atoms with Crippen molar-refractivity contribution >= 4 is 17.9 Å². The second-order valence-electron chi connectivity index (χ2n) is 26.4. The van der Waals surface area contributed by atoms with Crippen LogP contribution in [0.3, 0.4) is 0 Å². The van der Waals surface area contributed by atoms with Crippen molar-refractivity contribution in [3.63, 3.8) is 0 Å². The summed E-state index contributed by atoms with van der Waals surface area (Å²) in [5, 5.41) is 32.8. The van der Waals surface area contributed by atoms with Gasteiger partial charge in [0, 0.05) is 18.3 Å². The molecule has 2 aromatic rings. The van der Waals surface area contributed by atoms with Crippen LogP contribution < -0.4 is 29.4 Å². The molecule has 490 valence electrons. The van der Waals surface area contributed by atoms with Crippen molar-refractivity contribution in [1.29, 1.82) is 0 Å². The maximum Gasteiger partial charge on any atom is 0.329 e. The van der Waals surface area contributed by atoms with E-state index < -0.39 is 97.3 Å². The number of fused-ring (bicyclic) bond motifs is 4. The van der Waals surface area contributed by atoms with E-state index in [1.807, 2.05) is 25.2 Å². The van der Waals surface area contributed by atoms with E-state index >= 15 is 0 Å². The van der Waals surface area contributed by atoms with E-state index in [2.05, 4.69) is 129 Å². The van der Waals surface area contributed by atoms with Crippen molar-refractivity contribution in [3.05, 3.63) is 171 Å². The number of benzene rings is 2. The molecule has 0 bridgehead atoms. The molecule has 0 saturated carbocycles.